The van der Waals surface area contributed by atoms with Crippen LogP contribution in [0.4, 0.5) is 5.69 Å². The Hall–Kier alpha value is -1.35. The summed E-state index contributed by atoms with van der Waals surface area (Å²) in [4.78, 5) is 14.6. The lowest BCUT2D eigenvalue weighted by Crippen LogP contribution is -2.39. The van der Waals surface area contributed by atoms with Crippen LogP contribution in [-0.2, 0) is 11.2 Å². The molecule has 0 aromatic heterocycles. The Morgan fingerprint density at radius 2 is 2.11 bits per heavy atom. The molecule has 2 N–H and O–H groups in total. The van der Waals surface area contributed by atoms with Gasteiger partial charge in [0.2, 0.25) is 5.91 Å². The molecule has 1 aromatic carbocycles. The average Bonchev–Trinajstić information content (AvgIpc) is 2.91. The predicted molar refractivity (Wildman–Crippen MR) is 72.4 cm³/mol. The number of nitrogens with zero attached hydrogens (tertiary/aromatic N) is 1. The van der Waals surface area contributed by atoms with Crippen molar-refractivity contribution in [2.24, 2.45) is 11.7 Å². The van der Waals surface area contributed by atoms with Crippen molar-refractivity contribution in [1.82, 2.24) is 0 Å². The number of carbonyl (C=O) groups excluding carboxylic acids is 1. The van der Waals surface area contributed by atoms with E-state index in [2.05, 4.69) is 19.1 Å². The fraction of sp³-hybridized carbons (Fsp3) is 0.533. The summed E-state index contributed by atoms with van der Waals surface area (Å²) in [5.74, 6) is 0.411. The lowest BCUT2D eigenvalue weighted by atomic mass is 10.1. The van der Waals surface area contributed by atoms with Crippen LogP contribution in [0, 0.1) is 5.92 Å². The van der Waals surface area contributed by atoms with E-state index in [-0.39, 0.29) is 23.9 Å². The highest BCUT2D eigenvalue weighted by Crippen LogP contribution is 2.35. The van der Waals surface area contributed by atoms with E-state index >= 15 is 0 Å². The topological polar surface area (TPSA) is 46.3 Å². The number of amides is 1. The van der Waals surface area contributed by atoms with Gasteiger partial charge in [-0.05, 0) is 44.2 Å². The molecule has 96 valence electrons. The van der Waals surface area contributed by atoms with Gasteiger partial charge in [0.1, 0.15) is 0 Å². The van der Waals surface area contributed by atoms with E-state index in [1.54, 1.807) is 0 Å². The van der Waals surface area contributed by atoms with Crippen molar-refractivity contribution in [3.05, 3.63) is 29.8 Å². The SMILES string of the molecule is C[C@@H]1Cc2ccccc2N1C(=O)[C@@H]1CC[C@@H](N)C1. The summed E-state index contributed by atoms with van der Waals surface area (Å²) >= 11 is 0. The fourth-order valence-electron chi connectivity index (χ4n) is 3.34. The third-order valence-electron chi connectivity index (χ3n) is 4.27. The van der Waals surface area contributed by atoms with Gasteiger partial charge in [0.25, 0.3) is 0 Å². The summed E-state index contributed by atoms with van der Waals surface area (Å²) in [5, 5.41) is 0. The Balaban J connectivity index is 1.86. The zero-order chi connectivity index (χ0) is 12.7. The summed E-state index contributed by atoms with van der Waals surface area (Å²) in [5.41, 5.74) is 8.32. The minimum absolute atomic E-state index is 0.133. The van der Waals surface area contributed by atoms with Gasteiger partial charge in [-0.25, -0.2) is 0 Å². The predicted octanol–water partition coefficient (Wildman–Crippen LogP) is 2.09. The van der Waals surface area contributed by atoms with Crippen molar-refractivity contribution in [1.29, 1.82) is 0 Å². The van der Waals surface area contributed by atoms with Gasteiger partial charge in [-0.1, -0.05) is 18.2 Å². The van der Waals surface area contributed by atoms with Crippen LogP contribution in [0.1, 0.15) is 31.7 Å². The van der Waals surface area contributed by atoms with Gasteiger partial charge >= 0.3 is 0 Å². The van der Waals surface area contributed by atoms with E-state index in [0.717, 1.165) is 31.4 Å². The molecule has 0 saturated heterocycles. The van der Waals surface area contributed by atoms with E-state index in [0.29, 0.717) is 0 Å². The fourth-order valence-corrected chi connectivity index (χ4v) is 3.34. The first-order chi connectivity index (χ1) is 8.66. The van der Waals surface area contributed by atoms with Crippen LogP contribution in [0.2, 0.25) is 0 Å². The molecule has 0 unspecified atom stereocenters. The standard InChI is InChI=1S/C15H20N2O/c1-10-8-11-4-2-3-5-14(11)17(10)15(18)12-6-7-13(16)9-12/h2-5,10,12-13H,6-9,16H2,1H3/t10-,12-,13-/m1/s1. The van der Waals surface area contributed by atoms with E-state index in [4.69, 9.17) is 5.73 Å². The maximum Gasteiger partial charge on any atom is 0.230 e. The van der Waals surface area contributed by atoms with Gasteiger partial charge in [0, 0.05) is 23.7 Å². The Morgan fingerprint density at radius 3 is 2.83 bits per heavy atom. The second-order valence-electron chi connectivity index (χ2n) is 5.66. The van der Waals surface area contributed by atoms with Gasteiger partial charge < -0.3 is 10.6 Å². The Kier molecular flexibility index (Phi) is 2.86. The molecule has 0 bridgehead atoms. The lowest BCUT2D eigenvalue weighted by molar-refractivity contribution is -0.122. The second kappa shape index (κ2) is 4.39. The molecule has 1 aliphatic carbocycles. The molecular formula is C15H20N2O. The van der Waals surface area contributed by atoms with Crippen molar-refractivity contribution >= 4 is 11.6 Å². The van der Waals surface area contributed by atoms with E-state index in [1.165, 1.54) is 5.56 Å². The molecule has 0 radical (unpaired) electrons. The summed E-state index contributed by atoms with van der Waals surface area (Å²) in [6, 6.07) is 8.74. The maximum absolute atomic E-state index is 12.6. The molecule has 1 heterocycles. The highest BCUT2D eigenvalue weighted by molar-refractivity contribution is 5.97. The summed E-state index contributed by atoms with van der Waals surface area (Å²) in [6.07, 6.45) is 3.76. The smallest absolute Gasteiger partial charge is 0.230 e. The number of nitrogens with two attached hydrogens (primary N) is 1. The Bertz CT molecular complexity index is 471. The van der Waals surface area contributed by atoms with E-state index in [9.17, 15) is 4.79 Å². The highest BCUT2D eigenvalue weighted by atomic mass is 16.2. The molecule has 18 heavy (non-hydrogen) atoms. The van der Waals surface area contributed by atoms with Crippen LogP contribution in [0.3, 0.4) is 0 Å². The molecule has 3 nitrogen and oxygen atoms in total. The lowest BCUT2D eigenvalue weighted by Gasteiger charge is -2.26. The van der Waals surface area contributed by atoms with Crippen LogP contribution < -0.4 is 10.6 Å². The maximum atomic E-state index is 12.6. The van der Waals surface area contributed by atoms with Crippen molar-refractivity contribution in [2.75, 3.05) is 4.90 Å². The van der Waals surface area contributed by atoms with Gasteiger partial charge in [0.15, 0.2) is 0 Å². The van der Waals surface area contributed by atoms with Crippen LogP contribution in [-0.4, -0.2) is 18.0 Å². The van der Waals surface area contributed by atoms with Crippen molar-refractivity contribution in [3.63, 3.8) is 0 Å². The van der Waals surface area contributed by atoms with Crippen LogP contribution >= 0.6 is 0 Å². The molecule has 1 saturated carbocycles. The monoisotopic (exact) mass is 244 g/mol. The number of benzene rings is 1. The summed E-state index contributed by atoms with van der Waals surface area (Å²) in [7, 11) is 0. The van der Waals surface area contributed by atoms with Gasteiger partial charge in [-0.15, -0.1) is 0 Å². The zero-order valence-corrected chi connectivity index (χ0v) is 10.8. The largest absolute Gasteiger partial charge is 0.328 e. The van der Waals surface area contributed by atoms with E-state index < -0.39 is 0 Å². The first-order valence-electron chi connectivity index (χ1n) is 6.83. The molecule has 3 atom stereocenters. The summed E-state index contributed by atoms with van der Waals surface area (Å²) < 4.78 is 0. The number of rotatable bonds is 1. The number of fused-ring (bicyclic) bond motifs is 1. The minimum Gasteiger partial charge on any atom is -0.328 e. The van der Waals surface area contributed by atoms with Crippen LogP contribution in [0.15, 0.2) is 24.3 Å². The van der Waals surface area contributed by atoms with Crippen molar-refractivity contribution < 1.29 is 4.79 Å². The first kappa shape index (κ1) is 11.7. The number of anilines is 1. The molecule has 1 aromatic rings. The second-order valence-corrected chi connectivity index (χ2v) is 5.66. The minimum atomic E-state index is 0.133. The Labute approximate surface area is 108 Å². The molecule has 1 amide bonds. The van der Waals surface area contributed by atoms with Gasteiger partial charge in [0.05, 0.1) is 0 Å². The molecule has 1 fully saturated rings. The number of hydrogen-bond donors (Lipinski definition) is 1. The average molecular weight is 244 g/mol. The molecule has 0 spiro atoms. The number of carbonyl (C=O) groups is 1. The third-order valence-corrected chi connectivity index (χ3v) is 4.27. The van der Waals surface area contributed by atoms with Crippen LogP contribution in [0.25, 0.3) is 0 Å². The Morgan fingerprint density at radius 1 is 1.33 bits per heavy atom. The van der Waals surface area contributed by atoms with Crippen molar-refractivity contribution in [3.8, 4) is 0 Å². The highest BCUT2D eigenvalue weighted by Gasteiger charge is 2.37. The third kappa shape index (κ3) is 1.83. The zero-order valence-electron chi connectivity index (χ0n) is 10.8. The van der Waals surface area contributed by atoms with Gasteiger partial charge in [-0.3, -0.25) is 4.79 Å². The molecule has 2 aliphatic rings. The molecular weight excluding hydrogens is 224 g/mol. The molecule has 1 aliphatic heterocycles. The van der Waals surface area contributed by atoms with Gasteiger partial charge in [-0.2, -0.15) is 0 Å². The summed E-state index contributed by atoms with van der Waals surface area (Å²) in [6.45, 7) is 2.13. The number of hydrogen-bond acceptors (Lipinski definition) is 2. The van der Waals surface area contributed by atoms with Crippen LogP contribution in [0.5, 0.6) is 0 Å². The first-order valence-corrected chi connectivity index (χ1v) is 6.83. The normalized spacial score (nSPS) is 30.6. The molecule has 3 heteroatoms. The van der Waals surface area contributed by atoms with Crippen molar-refractivity contribution in [2.45, 2.75) is 44.7 Å². The number of para-hydroxylation sites is 1. The molecule has 3 rings (SSSR count). The quantitative estimate of drug-likeness (QED) is 0.822. The van der Waals surface area contributed by atoms with E-state index in [1.807, 2.05) is 17.0 Å².